The second-order valence-electron chi connectivity index (χ2n) is 4.17. The minimum absolute atomic E-state index is 0.151. The minimum atomic E-state index is -1.10. The summed E-state index contributed by atoms with van der Waals surface area (Å²) in [5.74, 6) is -0.879. The third-order valence-corrected chi connectivity index (χ3v) is 3.08. The zero-order chi connectivity index (χ0) is 12.0. The Labute approximate surface area is 102 Å². The van der Waals surface area contributed by atoms with Crippen LogP contribution < -0.4 is 0 Å². The van der Waals surface area contributed by atoms with Gasteiger partial charge in [0.1, 0.15) is 0 Å². The van der Waals surface area contributed by atoms with E-state index in [4.69, 9.17) is 16.7 Å². The van der Waals surface area contributed by atoms with Crippen molar-refractivity contribution >= 4 is 28.5 Å². The number of hydrogen-bond donors (Lipinski definition) is 1. The van der Waals surface area contributed by atoms with Gasteiger partial charge >= 0.3 is 5.97 Å². The van der Waals surface area contributed by atoms with Crippen LogP contribution >= 0.6 is 11.6 Å². The summed E-state index contributed by atoms with van der Waals surface area (Å²) in [5.41, 5.74) is 1.44. The smallest absolute Gasteiger partial charge is 0.373 e. The predicted octanol–water partition coefficient (Wildman–Crippen LogP) is 2.86. The van der Waals surface area contributed by atoms with Crippen molar-refractivity contribution in [3.05, 3.63) is 34.7 Å². The van der Waals surface area contributed by atoms with E-state index in [1.54, 1.807) is 12.1 Å². The second kappa shape index (κ2) is 3.67. The molecule has 1 fully saturated rings. The van der Waals surface area contributed by atoms with Crippen molar-refractivity contribution in [2.24, 2.45) is 0 Å². The van der Waals surface area contributed by atoms with Gasteiger partial charge in [-0.3, -0.25) is 0 Å². The van der Waals surface area contributed by atoms with Gasteiger partial charge in [0.05, 0.1) is 11.2 Å². The number of fused-ring (bicyclic) bond motifs is 1. The number of carbonyl (C=O) groups is 1. The molecule has 0 saturated heterocycles. The van der Waals surface area contributed by atoms with Crippen LogP contribution in [-0.2, 0) is 0 Å². The van der Waals surface area contributed by atoms with Gasteiger partial charge in [0.15, 0.2) is 0 Å². The Kier molecular flexibility index (Phi) is 2.26. The highest BCUT2D eigenvalue weighted by atomic mass is 35.5. The Morgan fingerprint density at radius 1 is 1.35 bits per heavy atom. The van der Waals surface area contributed by atoms with E-state index < -0.39 is 5.97 Å². The van der Waals surface area contributed by atoms with Gasteiger partial charge in [-0.05, 0) is 31.0 Å². The van der Waals surface area contributed by atoms with Crippen LogP contribution in [0.2, 0.25) is 5.02 Å². The summed E-state index contributed by atoms with van der Waals surface area (Å²) in [6.07, 6.45) is 2.13. The molecule has 1 saturated carbocycles. The minimum Gasteiger partial charge on any atom is -0.475 e. The fourth-order valence-corrected chi connectivity index (χ4v) is 2.06. The van der Waals surface area contributed by atoms with E-state index in [0.717, 1.165) is 23.9 Å². The standard InChI is InChI=1S/C12H9ClN2O2/c13-7-3-4-8-9(5-7)14-11(12(16)17)15-10(8)6-1-2-6/h3-6H,1-2H2,(H,16,17). The average Bonchev–Trinajstić information content (AvgIpc) is 3.10. The number of halogens is 1. The highest BCUT2D eigenvalue weighted by Crippen LogP contribution is 2.42. The Morgan fingerprint density at radius 2 is 2.12 bits per heavy atom. The molecule has 1 aromatic heterocycles. The van der Waals surface area contributed by atoms with Gasteiger partial charge in [-0.2, -0.15) is 0 Å². The SMILES string of the molecule is O=C(O)c1nc(C2CC2)c2ccc(Cl)cc2n1. The molecule has 1 N–H and O–H groups in total. The topological polar surface area (TPSA) is 63.1 Å². The molecule has 0 amide bonds. The second-order valence-corrected chi connectivity index (χ2v) is 4.61. The van der Waals surface area contributed by atoms with Gasteiger partial charge < -0.3 is 5.11 Å². The molecule has 1 aliphatic carbocycles. The van der Waals surface area contributed by atoms with Crippen LogP contribution in [0, 0.1) is 0 Å². The molecule has 0 bridgehead atoms. The normalized spacial score (nSPS) is 15.1. The fraction of sp³-hybridized carbons (Fsp3) is 0.250. The lowest BCUT2D eigenvalue weighted by Crippen LogP contribution is -2.07. The molecule has 86 valence electrons. The number of nitrogens with zero attached hydrogens (tertiary/aromatic N) is 2. The van der Waals surface area contributed by atoms with Crippen molar-refractivity contribution in [2.45, 2.75) is 18.8 Å². The molecule has 0 spiro atoms. The summed E-state index contributed by atoms with van der Waals surface area (Å²) >= 11 is 5.89. The first-order valence-corrected chi connectivity index (χ1v) is 5.73. The molecule has 1 aliphatic rings. The number of benzene rings is 1. The summed E-state index contributed by atoms with van der Waals surface area (Å²) in [5, 5.41) is 10.4. The van der Waals surface area contributed by atoms with E-state index in [2.05, 4.69) is 9.97 Å². The Bertz CT molecular complexity index is 623. The van der Waals surface area contributed by atoms with Crippen molar-refractivity contribution < 1.29 is 9.90 Å². The molecule has 0 aliphatic heterocycles. The summed E-state index contributed by atoms with van der Waals surface area (Å²) in [6, 6.07) is 5.31. The maximum Gasteiger partial charge on any atom is 0.373 e. The van der Waals surface area contributed by atoms with E-state index in [0.29, 0.717) is 16.5 Å². The third-order valence-electron chi connectivity index (χ3n) is 2.84. The molecule has 17 heavy (non-hydrogen) atoms. The van der Waals surface area contributed by atoms with Crippen LogP contribution in [0.3, 0.4) is 0 Å². The quantitative estimate of drug-likeness (QED) is 0.888. The number of aromatic nitrogens is 2. The summed E-state index contributed by atoms with van der Waals surface area (Å²) in [4.78, 5) is 19.1. The maximum atomic E-state index is 11.0. The maximum absolute atomic E-state index is 11.0. The number of hydrogen-bond acceptors (Lipinski definition) is 3. The van der Waals surface area contributed by atoms with Crippen molar-refractivity contribution in [1.82, 2.24) is 9.97 Å². The van der Waals surface area contributed by atoms with Gasteiger partial charge in [-0.15, -0.1) is 0 Å². The van der Waals surface area contributed by atoms with Crippen molar-refractivity contribution in [1.29, 1.82) is 0 Å². The van der Waals surface area contributed by atoms with Crippen molar-refractivity contribution in [3.8, 4) is 0 Å². The number of carboxylic acid groups (broad SMARTS) is 1. The molecule has 0 radical (unpaired) electrons. The molecular weight excluding hydrogens is 240 g/mol. The molecule has 5 heteroatoms. The lowest BCUT2D eigenvalue weighted by atomic mass is 10.1. The first-order chi connectivity index (χ1) is 8.15. The monoisotopic (exact) mass is 248 g/mol. The largest absolute Gasteiger partial charge is 0.475 e. The predicted molar refractivity (Wildman–Crippen MR) is 63.5 cm³/mol. The number of aromatic carboxylic acids is 1. The third kappa shape index (κ3) is 1.85. The van der Waals surface area contributed by atoms with Crippen molar-refractivity contribution in [3.63, 3.8) is 0 Å². The zero-order valence-electron chi connectivity index (χ0n) is 8.85. The first-order valence-electron chi connectivity index (χ1n) is 5.35. The molecule has 3 rings (SSSR count). The van der Waals surface area contributed by atoms with Crippen LogP contribution in [0.25, 0.3) is 10.9 Å². The fourth-order valence-electron chi connectivity index (χ4n) is 1.89. The van der Waals surface area contributed by atoms with Gasteiger partial charge in [0.25, 0.3) is 0 Å². The Balaban J connectivity index is 2.31. The van der Waals surface area contributed by atoms with Crippen LogP contribution in [-0.4, -0.2) is 21.0 Å². The van der Waals surface area contributed by atoms with E-state index in [1.165, 1.54) is 0 Å². The first kappa shape index (κ1) is 10.5. The molecular formula is C12H9ClN2O2. The van der Waals surface area contributed by atoms with Gasteiger partial charge in [0.2, 0.25) is 5.82 Å². The van der Waals surface area contributed by atoms with Crippen LogP contribution in [0.15, 0.2) is 18.2 Å². The van der Waals surface area contributed by atoms with Crippen LogP contribution in [0.4, 0.5) is 0 Å². The highest BCUT2D eigenvalue weighted by molar-refractivity contribution is 6.31. The molecule has 2 aromatic rings. The molecule has 1 heterocycles. The summed E-state index contributed by atoms with van der Waals surface area (Å²) in [6.45, 7) is 0. The van der Waals surface area contributed by atoms with Gasteiger partial charge in [-0.25, -0.2) is 14.8 Å². The molecule has 4 nitrogen and oxygen atoms in total. The lowest BCUT2D eigenvalue weighted by Gasteiger charge is -2.05. The summed E-state index contributed by atoms with van der Waals surface area (Å²) in [7, 11) is 0. The van der Waals surface area contributed by atoms with Crippen molar-refractivity contribution in [2.75, 3.05) is 0 Å². The number of carboxylic acids is 1. The number of rotatable bonds is 2. The highest BCUT2D eigenvalue weighted by Gasteiger charge is 2.28. The van der Waals surface area contributed by atoms with E-state index in [9.17, 15) is 4.79 Å². The molecule has 0 atom stereocenters. The molecule has 0 unspecified atom stereocenters. The van der Waals surface area contributed by atoms with Gasteiger partial charge in [-0.1, -0.05) is 11.6 Å². The van der Waals surface area contributed by atoms with Crippen LogP contribution in [0.1, 0.15) is 35.1 Å². The van der Waals surface area contributed by atoms with E-state index in [1.807, 2.05) is 6.07 Å². The van der Waals surface area contributed by atoms with E-state index in [-0.39, 0.29) is 5.82 Å². The average molecular weight is 249 g/mol. The zero-order valence-corrected chi connectivity index (χ0v) is 9.61. The van der Waals surface area contributed by atoms with E-state index >= 15 is 0 Å². The summed E-state index contributed by atoms with van der Waals surface area (Å²) < 4.78 is 0. The van der Waals surface area contributed by atoms with Gasteiger partial charge in [0, 0.05) is 16.3 Å². The lowest BCUT2D eigenvalue weighted by molar-refractivity contribution is 0.0683. The van der Waals surface area contributed by atoms with Crippen LogP contribution in [0.5, 0.6) is 0 Å². The Hall–Kier alpha value is -1.68. The molecule has 1 aromatic carbocycles. The Morgan fingerprint density at radius 3 is 2.76 bits per heavy atom.